The minimum Gasteiger partial charge on any atom is -0.308 e. The Morgan fingerprint density at radius 2 is 2.36 bits per heavy atom. The van der Waals surface area contributed by atoms with Crippen LogP contribution in [-0.2, 0) is 6.54 Å². The van der Waals surface area contributed by atoms with Crippen LogP contribution in [0, 0.1) is 6.92 Å². The second kappa shape index (κ2) is 4.28. The minimum atomic E-state index is 0.386. The molecule has 2 rings (SSSR count). The molecule has 0 spiro atoms. The molecular weight excluding hydrogens is 196 g/mol. The summed E-state index contributed by atoms with van der Waals surface area (Å²) < 4.78 is 0. The maximum Gasteiger partial charge on any atom is 0.0570 e. The molecule has 2 nitrogen and oxygen atoms in total. The van der Waals surface area contributed by atoms with Gasteiger partial charge in [0.25, 0.3) is 0 Å². The van der Waals surface area contributed by atoms with Crippen molar-refractivity contribution in [3.8, 4) is 0 Å². The van der Waals surface area contributed by atoms with E-state index in [4.69, 9.17) is 11.6 Å². The van der Waals surface area contributed by atoms with E-state index in [1.807, 2.05) is 12.3 Å². The number of pyridine rings is 1. The molecule has 0 saturated heterocycles. The van der Waals surface area contributed by atoms with Crippen molar-refractivity contribution >= 4 is 11.6 Å². The minimum absolute atomic E-state index is 0.386. The smallest absolute Gasteiger partial charge is 0.0570 e. The van der Waals surface area contributed by atoms with Gasteiger partial charge in [-0.1, -0.05) is 6.07 Å². The van der Waals surface area contributed by atoms with E-state index < -0.39 is 0 Å². The number of alkyl halides is 1. The summed E-state index contributed by atoms with van der Waals surface area (Å²) in [5, 5.41) is 3.85. The highest BCUT2D eigenvalue weighted by Crippen LogP contribution is 2.25. The van der Waals surface area contributed by atoms with Crippen molar-refractivity contribution in [1.29, 1.82) is 0 Å². The molecule has 1 aliphatic carbocycles. The summed E-state index contributed by atoms with van der Waals surface area (Å²) in [6.45, 7) is 2.95. The fourth-order valence-corrected chi connectivity index (χ4v) is 2.09. The second-order valence-electron chi connectivity index (χ2n) is 3.91. The first kappa shape index (κ1) is 9.94. The molecule has 1 N–H and O–H groups in total. The van der Waals surface area contributed by atoms with Crippen molar-refractivity contribution in [2.45, 2.75) is 37.7 Å². The normalized spacial score (nSPS) is 25.9. The Kier molecular flexibility index (Phi) is 3.04. The molecule has 0 bridgehead atoms. The third-order valence-corrected chi connectivity index (χ3v) is 3.11. The lowest BCUT2D eigenvalue weighted by molar-refractivity contribution is 0.343. The first-order chi connectivity index (χ1) is 6.75. The van der Waals surface area contributed by atoms with Gasteiger partial charge in [-0.3, -0.25) is 4.98 Å². The van der Waals surface area contributed by atoms with Crippen LogP contribution in [0.1, 0.15) is 24.1 Å². The van der Waals surface area contributed by atoms with Crippen molar-refractivity contribution in [2.24, 2.45) is 0 Å². The molecule has 0 radical (unpaired) electrons. The van der Waals surface area contributed by atoms with E-state index >= 15 is 0 Å². The lowest BCUT2D eigenvalue weighted by Crippen LogP contribution is -2.41. The molecule has 1 aromatic rings. The summed E-state index contributed by atoms with van der Waals surface area (Å²) in [6.07, 6.45) is 4.02. The highest BCUT2D eigenvalue weighted by Gasteiger charge is 2.26. The van der Waals surface area contributed by atoms with E-state index in [0.717, 1.165) is 25.1 Å². The summed E-state index contributed by atoms with van der Waals surface area (Å²) in [6, 6.07) is 4.66. The molecule has 3 heteroatoms. The van der Waals surface area contributed by atoms with Gasteiger partial charge in [-0.2, -0.15) is 0 Å². The Hall–Kier alpha value is -0.600. The number of hydrogen-bond acceptors (Lipinski definition) is 2. The number of aryl methyl sites for hydroxylation is 1. The molecule has 1 aliphatic rings. The molecule has 1 fully saturated rings. The number of aromatic nitrogens is 1. The zero-order valence-corrected chi connectivity index (χ0v) is 9.09. The van der Waals surface area contributed by atoms with Crippen LogP contribution < -0.4 is 5.32 Å². The van der Waals surface area contributed by atoms with Crippen LogP contribution in [0.15, 0.2) is 18.3 Å². The summed E-state index contributed by atoms with van der Waals surface area (Å²) in [5.74, 6) is 0. The number of nitrogens with zero attached hydrogens (tertiary/aromatic N) is 1. The van der Waals surface area contributed by atoms with Gasteiger partial charge in [-0.25, -0.2) is 0 Å². The Morgan fingerprint density at radius 1 is 1.57 bits per heavy atom. The van der Waals surface area contributed by atoms with E-state index in [1.165, 1.54) is 5.56 Å². The van der Waals surface area contributed by atoms with Gasteiger partial charge < -0.3 is 5.32 Å². The maximum absolute atomic E-state index is 5.90. The predicted octanol–water partition coefficient (Wildman–Crippen LogP) is 2.25. The molecule has 0 aromatic carbocycles. The average Bonchev–Trinajstić information content (AvgIpc) is 2.13. The van der Waals surface area contributed by atoms with Crippen LogP contribution in [0.5, 0.6) is 0 Å². The molecule has 0 amide bonds. The van der Waals surface area contributed by atoms with E-state index in [0.29, 0.717) is 11.4 Å². The van der Waals surface area contributed by atoms with E-state index in [2.05, 4.69) is 23.3 Å². The zero-order chi connectivity index (χ0) is 9.97. The average molecular weight is 211 g/mol. The lowest BCUT2D eigenvalue weighted by Gasteiger charge is -2.31. The third kappa shape index (κ3) is 2.25. The number of rotatable bonds is 3. The molecular formula is C11H15ClN2. The SMILES string of the molecule is Cc1cccnc1CNC1CC(Cl)C1. The van der Waals surface area contributed by atoms with E-state index in [1.54, 1.807) is 0 Å². The topological polar surface area (TPSA) is 24.9 Å². The zero-order valence-electron chi connectivity index (χ0n) is 8.33. The first-order valence-electron chi connectivity index (χ1n) is 5.03. The van der Waals surface area contributed by atoms with Crippen LogP contribution in [-0.4, -0.2) is 16.4 Å². The van der Waals surface area contributed by atoms with Crippen molar-refractivity contribution in [3.63, 3.8) is 0 Å². The van der Waals surface area contributed by atoms with E-state index in [9.17, 15) is 0 Å². The van der Waals surface area contributed by atoms with Gasteiger partial charge >= 0.3 is 0 Å². The highest BCUT2D eigenvalue weighted by atomic mass is 35.5. The van der Waals surface area contributed by atoms with Crippen LogP contribution in [0.3, 0.4) is 0 Å². The van der Waals surface area contributed by atoms with Crippen LogP contribution in [0.4, 0.5) is 0 Å². The van der Waals surface area contributed by atoms with Gasteiger partial charge in [0.2, 0.25) is 0 Å². The predicted molar refractivity (Wildman–Crippen MR) is 58.5 cm³/mol. The van der Waals surface area contributed by atoms with Crippen molar-refractivity contribution in [3.05, 3.63) is 29.6 Å². The molecule has 0 aliphatic heterocycles. The highest BCUT2D eigenvalue weighted by molar-refractivity contribution is 6.21. The molecule has 1 saturated carbocycles. The maximum atomic E-state index is 5.90. The Labute approximate surface area is 89.7 Å². The third-order valence-electron chi connectivity index (χ3n) is 2.76. The summed E-state index contributed by atoms with van der Waals surface area (Å²) in [5.41, 5.74) is 2.40. The van der Waals surface area contributed by atoms with Crippen LogP contribution in [0.25, 0.3) is 0 Å². The van der Waals surface area contributed by atoms with Gasteiger partial charge in [0.15, 0.2) is 0 Å². The monoisotopic (exact) mass is 210 g/mol. The Morgan fingerprint density at radius 3 is 3.00 bits per heavy atom. The number of halogens is 1. The molecule has 14 heavy (non-hydrogen) atoms. The molecule has 1 heterocycles. The van der Waals surface area contributed by atoms with Gasteiger partial charge in [-0.15, -0.1) is 11.6 Å². The molecule has 0 unspecified atom stereocenters. The number of nitrogens with one attached hydrogen (secondary N) is 1. The Balaban J connectivity index is 1.83. The quantitative estimate of drug-likeness (QED) is 0.775. The molecule has 0 atom stereocenters. The van der Waals surface area contributed by atoms with Crippen molar-refractivity contribution < 1.29 is 0 Å². The fourth-order valence-electron chi connectivity index (χ4n) is 1.66. The van der Waals surface area contributed by atoms with Crippen molar-refractivity contribution in [1.82, 2.24) is 10.3 Å². The summed E-state index contributed by atoms with van der Waals surface area (Å²) in [7, 11) is 0. The fraction of sp³-hybridized carbons (Fsp3) is 0.545. The standard InChI is InChI=1S/C11H15ClN2/c1-8-3-2-4-13-11(8)7-14-10-5-9(12)6-10/h2-4,9-10,14H,5-7H2,1H3. The largest absolute Gasteiger partial charge is 0.308 e. The first-order valence-corrected chi connectivity index (χ1v) is 5.47. The van der Waals surface area contributed by atoms with Gasteiger partial charge in [0.1, 0.15) is 0 Å². The Bertz CT molecular complexity index is 308. The summed E-state index contributed by atoms with van der Waals surface area (Å²) in [4.78, 5) is 4.33. The van der Waals surface area contributed by atoms with Crippen LogP contribution >= 0.6 is 11.6 Å². The van der Waals surface area contributed by atoms with Gasteiger partial charge in [0, 0.05) is 24.2 Å². The number of hydrogen-bond donors (Lipinski definition) is 1. The lowest BCUT2D eigenvalue weighted by atomic mass is 9.92. The second-order valence-corrected chi connectivity index (χ2v) is 4.53. The molecule has 76 valence electrons. The summed E-state index contributed by atoms with van der Waals surface area (Å²) >= 11 is 5.90. The van der Waals surface area contributed by atoms with E-state index in [-0.39, 0.29) is 0 Å². The van der Waals surface area contributed by atoms with Crippen molar-refractivity contribution in [2.75, 3.05) is 0 Å². The van der Waals surface area contributed by atoms with Crippen LogP contribution in [0.2, 0.25) is 0 Å². The van der Waals surface area contributed by atoms with Gasteiger partial charge in [-0.05, 0) is 31.4 Å². The van der Waals surface area contributed by atoms with Gasteiger partial charge in [0.05, 0.1) is 5.69 Å². The molecule has 1 aromatic heterocycles.